The van der Waals surface area contributed by atoms with Crippen LogP contribution in [0.3, 0.4) is 0 Å². The number of hydrogen-bond donors (Lipinski definition) is 0. The number of rotatable bonds is 2. The molecule has 0 amide bonds. The van der Waals surface area contributed by atoms with Crippen LogP contribution in [-0.2, 0) is 9.63 Å². The minimum Gasteiger partial charge on any atom is -0.312 e. The van der Waals surface area contributed by atoms with Crippen LogP contribution < -0.4 is 0 Å². The number of nitrogens with zero attached hydrogens (tertiary/aromatic N) is 1. The second-order valence-electron chi connectivity index (χ2n) is 3.22. The third-order valence-corrected chi connectivity index (χ3v) is 2.37. The van der Waals surface area contributed by atoms with Crippen molar-refractivity contribution in [1.29, 1.82) is 0 Å². The summed E-state index contributed by atoms with van der Waals surface area (Å²) in [6, 6.07) is 9.24. The maximum absolute atomic E-state index is 11.5. The second-order valence-corrected chi connectivity index (χ2v) is 4.23. The van der Waals surface area contributed by atoms with Gasteiger partial charge in [0.1, 0.15) is 10.2 Å². The summed E-state index contributed by atoms with van der Waals surface area (Å²) in [5, 5.41) is 3.73. The van der Waals surface area contributed by atoms with Crippen molar-refractivity contribution in [2.75, 3.05) is 0 Å². The highest BCUT2D eigenvalue weighted by atomic mass is 35.5. The molecule has 0 saturated heterocycles. The molecule has 1 aromatic rings. The van der Waals surface area contributed by atoms with E-state index < -0.39 is 5.97 Å². The van der Waals surface area contributed by atoms with E-state index in [-0.39, 0.29) is 4.49 Å². The molecule has 1 aliphatic rings. The molecule has 0 aliphatic carbocycles. The molecule has 1 heterocycles. The second kappa shape index (κ2) is 5.17. The number of allylic oxidation sites excluding steroid dienone is 2. The minimum atomic E-state index is -0.519. The van der Waals surface area contributed by atoms with Crippen molar-refractivity contribution in [3.05, 3.63) is 58.1 Å². The van der Waals surface area contributed by atoms with Crippen molar-refractivity contribution in [3.63, 3.8) is 0 Å². The molecular weight excluding hydrogens is 261 g/mol. The van der Waals surface area contributed by atoms with Crippen molar-refractivity contribution in [3.8, 4) is 0 Å². The molecule has 86 valence electrons. The lowest BCUT2D eigenvalue weighted by molar-refractivity contribution is -0.136. The molecule has 5 heteroatoms. The van der Waals surface area contributed by atoms with Gasteiger partial charge in [-0.1, -0.05) is 58.7 Å². The van der Waals surface area contributed by atoms with E-state index in [1.807, 2.05) is 30.3 Å². The fourth-order valence-electron chi connectivity index (χ4n) is 1.38. The first-order valence-corrected chi connectivity index (χ1v) is 5.52. The Bertz CT molecular complexity index is 529. The molecule has 0 aromatic heterocycles. The van der Waals surface area contributed by atoms with Gasteiger partial charge in [-0.3, -0.25) is 0 Å². The Labute approximate surface area is 108 Å². The summed E-state index contributed by atoms with van der Waals surface area (Å²) >= 11 is 11.0. The molecule has 2 rings (SSSR count). The van der Waals surface area contributed by atoms with Gasteiger partial charge < -0.3 is 4.84 Å². The predicted octanol–water partition coefficient (Wildman–Crippen LogP) is 3.19. The highest BCUT2D eigenvalue weighted by Crippen LogP contribution is 2.18. The fourth-order valence-corrected chi connectivity index (χ4v) is 1.51. The molecule has 0 spiro atoms. The molecule has 0 bridgehead atoms. The summed E-state index contributed by atoms with van der Waals surface area (Å²) in [5.41, 5.74) is 1.60. The first kappa shape index (κ1) is 11.9. The summed E-state index contributed by atoms with van der Waals surface area (Å²) in [4.78, 5) is 16.1. The highest BCUT2D eigenvalue weighted by Gasteiger charge is 2.25. The molecule has 0 saturated carbocycles. The van der Waals surface area contributed by atoms with E-state index in [2.05, 4.69) is 9.99 Å². The zero-order valence-electron chi connectivity index (χ0n) is 8.56. The third-order valence-electron chi connectivity index (χ3n) is 2.12. The van der Waals surface area contributed by atoms with Gasteiger partial charge in [-0.15, -0.1) is 0 Å². The van der Waals surface area contributed by atoms with Gasteiger partial charge in [-0.2, -0.15) is 0 Å². The van der Waals surface area contributed by atoms with Gasteiger partial charge in [0.2, 0.25) is 0 Å². The van der Waals surface area contributed by atoms with Gasteiger partial charge >= 0.3 is 5.97 Å². The van der Waals surface area contributed by atoms with Crippen LogP contribution in [0.15, 0.2) is 57.7 Å². The average Bonchev–Trinajstić information content (AvgIpc) is 2.69. The van der Waals surface area contributed by atoms with E-state index in [0.717, 1.165) is 5.56 Å². The monoisotopic (exact) mass is 267 g/mol. The smallest absolute Gasteiger partial charge is 0.312 e. The van der Waals surface area contributed by atoms with Crippen LogP contribution in [0.2, 0.25) is 0 Å². The van der Waals surface area contributed by atoms with E-state index in [1.165, 1.54) is 12.2 Å². The number of carbonyl (C=O) groups is 1. The first-order chi connectivity index (χ1) is 8.18. The van der Waals surface area contributed by atoms with Crippen molar-refractivity contribution < 1.29 is 9.63 Å². The lowest BCUT2D eigenvalue weighted by Gasteiger charge is -1.97. The Kier molecular flexibility index (Phi) is 3.61. The van der Waals surface area contributed by atoms with Crippen molar-refractivity contribution in [2.24, 2.45) is 5.16 Å². The van der Waals surface area contributed by atoms with Gasteiger partial charge in [0.25, 0.3) is 0 Å². The van der Waals surface area contributed by atoms with Gasteiger partial charge in [0.15, 0.2) is 0 Å². The zero-order chi connectivity index (χ0) is 12.3. The normalized spacial score (nSPS) is 16.7. The molecule has 1 aromatic carbocycles. The Morgan fingerprint density at radius 3 is 2.59 bits per heavy atom. The Morgan fingerprint density at radius 2 is 1.94 bits per heavy atom. The minimum absolute atomic E-state index is 0.0598. The van der Waals surface area contributed by atoms with Crippen LogP contribution in [0.1, 0.15) is 5.56 Å². The van der Waals surface area contributed by atoms with Gasteiger partial charge in [-0.05, 0) is 12.2 Å². The standard InChI is InChI=1S/C12H7Cl2NO2/c13-10(14)7-6-9-11(15-17-12(9)16)8-4-2-1-3-5-8/h1-7H/b9-6-. The Balaban J connectivity index is 2.38. The lowest BCUT2D eigenvalue weighted by Crippen LogP contribution is -2.06. The zero-order valence-corrected chi connectivity index (χ0v) is 10.1. The molecule has 17 heavy (non-hydrogen) atoms. The number of carbonyl (C=O) groups excluding carboxylic acids is 1. The Hall–Kier alpha value is -1.58. The van der Waals surface area contributed by atoms with E-state index in [1.54, 1.807) is 0 Å². The molecule has 0 atom stereocenters. The van der Waals surface area contributed by atoms with E-state index in [4.69, 9.17) is 23.2 Å². The van der Waals surface area contributed by atoms with Gasteiger partial charge in [0, 0.05) is 5.56 Å². The third kappa shape index (κ3) is 2.75. The maximum atomic E-state index is 11.5. The summed E-state index contributed by atoms with van der Waals surface area (Å²) in [6.07, 6.45) is 2.89. The SMILES string of the molecule is O=C1ON=C(c2ccccc2)/C1=C/C=C(Cl)Cl. The topological polar surface area (TPSA) is 38.7 Å². The maximum Gasteiger partial charge on any atom is 0.368 e. The molecule has 0 radical (unpaired) electrons. The van der Waals surface area contributed by atoms with Gasteiger partial charge in [-0.25, -0.2) is 4.79 Å². The molecule has 0 N–H and O–H groups in total. The van der Waals surface area contributed by atoms with E-state index >= 15 is 0 Å². The lowest BCUT2D eigenvalue weighted by atomic mass is 10.0. The Morgan fingerprint density at radius 1 is 1.24 bits per heavy atom. The average molecular weight is 268 g/mol. The number of halogens is 2. The molecule has 1 aliphatic heterocycles. The summed E-state index contributed by atoms with van der Waals surface area (Å²) in [6.45, 7) is 0. The number of benzene rings is 1. The van der Waals surface area contributed by atoms with E-state index in [9.17, 15) is 4.79 Å². The predicted molar refractivity (Wildman–Crippen MR) is 66.9 cm³/mol. The molecule has 0 fully saturated rings. The molecule has 3 nitrogen and oxygen atoms in total. The van der Waals surface area contributed by atoms with Crippen molar-refractivity contribution >= 4 is 34.9 Å². The first-order valence-electron chi connectivity index (χ1n) is 4.76. The van der Waals surface area contributed by atoms with Crippen LogP contribution in [0.5, 0.6) is 0 Å². The van der Waals surface area contributed by atoms with Gasteiger partial charge in [0.05, 0.1) is 5.57 Å². The fraction of sp³-hybridized carbons (Fsp3) is 0. The quantitative estimate of drug-likeness (QED) is 0.610. The number of hydrogen-bond acceptors (Lipinski definition) is 3. The number of oxime groups is 1. The van der Waals surface area contributed by atoms with Crippen LogP contribution in [0, 0.1) is 0 Å². The van der Waals surface area contributed by atoms with Crippen LogP contribution in [-0.4, -0.2) is 11.7 Å². The molecular formula is C12H7Cl2NO2. The van der Waals surface area contributed by atoms with Crippen LogP contribution >= 0.6 is 23.2 Å². The van der Waals surface area contributed by atoms with Crippen molar-refractivity contribution in [2.45, 2.75) is 0 Å². The summed E-state index contributed by atoms with van der Waals surface area (Å²) in [5.74, 6) is -0.519. The highest BCUT2D eigenvalue weighted by molar-refractivity contribution is 6.56. The summed E-state index contributed by atoms with van der Waals surface area (Å²) in [7, 11) is 0. The van der Waals surface area contributed by atoms with Crippen LogP contribution in [0.4, 0.5) is 0 Å². The molecule has 0 unspecified atom stereocenters. The van der Waals surface area contributed by atoms with E-state index in [0.29, 0.717) is 11.3 Å². The van der Waals surface area contributed by atoms with Crippen molar-refractivity contribution in [1.82, 2.24) is 0 Å². The summed E-state index contributed by atoms with van der Waals surface area (Å²) < 4.78 is 0.0598. The largest absolute Gasteiger partial charge is 0.368 e. The van der Waals surface area contributed by atoms with Crippen LogP contribution in [0.25, 0.3) is 0 Å².